The SMILES string of the molecule is O=C(Nc1ccc(-n2ccc3cc(-c4ccc(Cl)cc4)sc3c2=O)cc1)C1CCNC1. The predicted molar refractivity (Wildman–Crippen MR) is 127 cm³/mol. The number of amides is 1. The first-order valence-corrected chi connectivity index (χ1v) is 11.3. The van der Waals surface area contributed by atoms with E-state index in [-0.39, 0.29) is 17.4 Å². The molecule has 1 saturated heterocycles. The molecule has 1 amide bonds. The molecule has 0 bridgehead atoms. The molecule has 3 heterocycles. The summed E-state index contributed by atoms with van der Waals surface area (Å²) in [6, 6.07) is 19.0. The third kappa shape index (κ3) is 4.02. The number of anilines is 1. The van der Waals surface area contributed by atoms with Gasteiger partial charge < -0.3 is 10.6 Å². The van der Waals surface area contributed by atoms with Gasteiger partial charge in [-0.2, -0.15) is 0 Å². The summed E-state index contributed by atoms with van der Waals surface area (Å²) in [5.41, 5.74) is 2.47. The van der Waals surface area contributed by atoms with Crippen molar-refractivity contribution in [2.24, 2.45) is 5.92 Å². The summed E-state index contributed by atoms with van der Waals surface area (Å²) in [6.45, 7) is 1.60. The van der Waals surface area contributed by atoms with Crippen LogP contribution in [0.4, 0.5) is 5.69 Å². The second-order valence-electron chi connectivity index (χ2n) is 7.62. The van der Waals surface area contributed by atoms with E-state index < -0.39 is 0 Å². The van der Waals surface area contributed by atoms with E-state index in [0.29, 0.717) is 9.72 Å². The van der Waals surface area contributed by atoms with E-state index in [1.807, 2.05) is 60.7 Å². The van der Waals surface area contributed by atoms with Crippen molar-refractivity contribution in [2.75, 3.05) is 18.4 Å². The number of hydrogen-bond acceptors (Lipinski definition) is 4. The highest BCUT2D eigenvalue weighted by atomic mass is 35.5. The zero-order chi connectivity index (χ0) is 21.4. The van der Waals surface area contributed by atoms with Crippen molar-refractivity contribution in [3.63, 3.8) is 0 Å². The molecule has 1 unspecified atom stereocenters. The summed E-state index contributed by atoms with van der Waals surface area (Å²) < 4.78 is 2.34. The summed E-state index contributed by atoms with van der Waals surface area (Å²) in [7, 11) is 0. The molecule has 4 aromatic rings. The van der Waals surface area contributed by atoms with Crippen LogP contribution in [0.15, 0.2) is 71.7 Å². The number of halogens is 1. The fourth-order valence-corrected chi connectivity index (χ4v) is 5.03. The molecule has 1 atom stereocenters. The molecule has 0 aliphatic carbocycles. The molecule has 2 aromatic carbocycles. The number of carbonyl (C=O) groups excluding carboxylic acids is 1. The summed E-state index contributed by atoms with van der Waals surface area (Å²) in [5, 5.41) is 7.77. The minimum Gasteiger partial charge on any atom is -0.326 e. The lowest BCUT2D eigenvalue weighted by atomic mass is 10.1. The van der Waals surface area contributed by atoms with Gasteiger partial charge in [0.1, 0.15) is 4.70 Å². The van der Waals surface area contributed by atoms with Crippen LogP contribution in [0.3, 0.4) is 0 Å². The fraction of sp³-hybridized carbons (Fsp3) is 0.167. The number of rotatable bonds is 4. The van der Waals surface area contributed by atoms with Gasteiger partial charge in [0.25, 0.3) is 5.56 Å². The molecule has 0 radical (unpaired) electrons. The van der Waals surface area contributed by atoms with E-state index in [2.05, 4.69) is 10.6 Å². The average Bonchev–Trinajstić information content (AvgIpc) is 3.46. The molecular weight excluding hydrogens is 430 g/mol. The van der Waals surface area contributed by atoms with Gasteiger partial charge in [-0.3, -0.25) is 14.2 Å². The molecule has 2 N–H and O–H groups in total. The summed E-state index contributed by atoms with van der Waals surface area (Å²) in [6.07, 6.45) is 2.65. The second-order valence-corrected chi connectivity index (χ2v) is 9.11. The Morgan fingerprint density at radius 2 is 1.87 bits per heavy atom. The Labute approximate surface area is 188 Å². The maximum atomic E-state index is 13.1. The van der Waals surface area contributed by atoms with Gasteiger partial charge in [-0.25, -0.2) is 0 Å². The van der Waals surface area contributed by atoms with E-state index in [4.69, 9.17) is 11.6 Å². The summed E-state index contributed by atoms with van der Waals surface area (Å²) in [4.78, 5) is 26.5. The number of fused-ring (bicyclic) bond motifs is 1. The topological polar surface area (TPSA) is 63.1 Å². The Bertz CT molecular complexity index is 1300. The van der Waals surface area contributed by atoms with Crippen LogP contribution in [-0.2, 0) is 4.79 Å². The maximum absolute atomic E-state index is 13.1. The quantitative estimate of drug-likeness (QED) is 0.464. The first kappa shape index (κ1) is 20.0. The van der Waals surface area contributed by atoms with E-state index >= 15 is 0 Å². The first-order chi connectivity index (χ1) is 15.1. The van der Waals surface area contributed by atoms with Crippen molar-refractivity contribution in [3.8, 4) is 16.1 Å². The Kier molecular flexibility index (Phi) is 5.36. The van der Waals surface area contributed by atoms with Crippen molar-refractivity contribution in [1.82, 2.24) is 9.88 Å². The van der Waals surface area contributed by atoms with Crippen LogP contribution in [0.2, 0.25) is 5.02 Å². The van der Waals surface area contributed by atoms with E-state index in [9.17, 15) is 9.59 Å². The Hall–Kier alpha value is -2.93. The minimum absolute atomic E-state index is 0.0124. The number of hydrogen-bond donors (Lipinski definition) is 2. The van der Waals surface area contributed by atoms with Gasteiger partial charge in [0, 0.05) is 39.4 Å². The monoisotopic (exact) mass is 449 g/mol. The second kappa shape index (κ2) is 8.30. The van der Waals surface area contributed by atoms with Gasteiger partial charge in [0.2, 0.25) is 5.91 Å². The minimum atomic E-state index is -0.0588. The van der Waals surface area contributed by atoms with E-state index in [1.54, 1.807) is 10.8 Å². The number of nitrogens with zero attached hydrogens (tertiary/aromatic N) is 1. The van der Waals surface area contributed by atoms with Crippen LogP contribution in [0, 0.1) is 5.92 Å². The van der Waals surface area contributed by atoms with Crippen molar-refractivity contribution >= 4 is 44.6 Å². The van der Waals surface area contributed by atoms with Gasteiger partial charge in [-0.15, -0.1) is 11.3 Å². The van der Waals surface area contributed by atoms with Gasteiger partial charge >= 0.3 is 0 Å². The molecule has 31 heavy (non-hydrogen) atoms. The van der Waals surface area contributed by atoms with Gasteiger partial charge in [-0.05, 0) is 67.1 Å². The van der Waals surface area contributed by atoms with Crippen LogP contribution in [0.5, 0.6) is 0 Å². The van der Waals surface area contributed by atoms with Crippen molar-refractivity contribution in [2.45, 2.75) is 6.42 Å². The molecule has 0 saturated carbocycles. The molecule has 5 nitrogen and oxygen atoms in total. The summed E-state index contributed by atoms with van der Waals surface area (Å²) in [5.74, 6) is 0.0445. The smallest absolute Gasteiger partial charge is 0.273 e. The molecule has 0 spiro atoms. The standard InChI is InChI=1S/C24H20ClN3O2S/c25-18-3-1-15(2-4-18)21-13-16-10-12-28(24(30)22(16)31-21)20-7-5-19(6-8-20)27-23(29)17-9-11-26-14-17/h1-8,10,12-13,17,26H,9,11,14H2,(H,27,29). The average molecular weight is 450 g/mol. The Balaban J connectivity index is 1.42. The number of pyridine rings is 1. The van der Waals surface area contributed by atoms with Crippen molar-refractivity contribution in [1.29, 1.82) is 0 Å². The normalized spacial score (nSPS) is 16.0. The van der Waals surface area contributed by atoms with Crippen LogP contribution in [0.25, 0.3) is 26.2 Å². The zero-order valence-corrected chi connectivity index (χ0v) is 18.2. The molecular formula is C24H20ClN3O2S. The number of carbonyl (C=O) groups is 1. The number of thiophene rings is 1. The molecule has 1 fully saturated rings. The molecule has 2 aromatic heterocycles. The third-order valence-electron chi connectivity index (χ3n) is 5.55. The molecule has 1 aliphatic heterocycles. The van der Waals surface area contributed by atoms with Gasteiger partial charge in [0.15, 0.2) is 0 Å². The first-order valence-electron chi connectivity index (χ1n) is 10.1. The highest BCUT2D eigenvalue weighted by molar-refractivity contribution is 7.22. The fourth-order valence-electron chi connectivity index (χ4n) is 3.82. The highest BCUT2D eigenvalue weighted by Crippen LogP contribution is 2.32. The van der Waals surface area contributed by atoms with Crippen LogP contribution in [0.1, 0.15) is 6.42 Å². The van der Waals surface area contributed by atoms with E-state index in [1.165, 1.54) is 11.3 Å². The van der Waals surface area contributed by atoms with Crippen molar-refractivity contribution in [3.05, 3.63) is 82.2 Å². The molecule has 156 valence electrons. The van der Waals surface area contributed by atoms with Crippen LogP contribution >= 0.6 is 22.9 Å². The Morgan fingerprint density at radius 1 is 1.10 bits per heavy atom. The van der Waals surface area contributed by atoms with Crippen LogP contribution in [-0.4, -0.2) is 23.6 Å². The maximum Gasteiger partial charge on any atom is 0.273 e. The van der Waals surface area contributed by atoms with Gasteiger partial charge in [-0.1, -0.05) is 23.7 Å². The predicted octanol–water partition coefficient (Wildman–Crippen LogP) is 4.92. The number of benzene rings is 2. The molecule has 5 rings (SSSR count). The van der Waals surface area contributed by atoms with Crippen molar-refractivity contribution < 1.29 is 4.79 Å². The molecule has 7 heteroatoms. The highest BCUT2D eigenvalue weighted by Gasteiger charge is 2.22. The zero-order valence-electron chi connectivity index (χ0n) is 16.6. The summed E-state index contributed by atoms with van der Waals surface area (Å²) >= 11 is 7.47. The largest absolute Gasteiger partial charge is 0.326 e. The van der Waals surface area contributed by atoms with Gasteiger partial charge in [0.05, 0.1) is 5.92 Å². The van der Waals surface area contributed by atoms with E-state index in [0.717, 1.165) is 46.7 Å². The number of nitrogens with one attached hydrogen (secondary N) is 2. The lowest BCUT2D eigenvalue weighted by Gasteiger charge is -2.11. The Morgan fingerprint density at radius 3 is 2.58 bits per heavy atom. The number of aromatic nitrogens is 1. The lowest BCUT2D eigenvalue weighted by molar-refractivity contribution is -0.119. The van der Waals surface area contributed by atoms with Crippen LogP contribution < -0.4 is 16.2 Å². The lowest BCUT2D eigenvalue weighted by Crippen LogP contribution is -2.24. The third-order valence-corrected chi connectivity index (χ3v) is 6.99. The molecule has 1 aliphatic rings.